The Morgan fingerprint density at radius 2 is 2.09 bits per heavy atom. The zero-order chi connectivity index (χ0) is 15.7. The molecule has 2 atom stereocenters. The Hall–Kier alpha value is -2.29. The lowest BCUT2D eigenvalue weighted by molar-refractivity contribution is 0.112. The first-order chi connectivity index (χ1) is 10.5. The number of aldehydes is 1. The van der Waals surface area contributed by atoms with Crippen LogP contribution in [0.1, 0.15) is 41.8 Å². The van der Waals surface area contributed by atoms with Crippen LogP contribution >= 0.6 is 0 Å². The second-order valence-electron chi connectivity index (χ2n) is 6.35. The van der Waals surface area contributed by atoms with Gasteiger partial charge >= 0.3 is 0 Å². The fraction of sp³-hybridized carbons (Fsp3) is 0.316. The number of benzene rings is 2. The van der Waals surface area contributed by atoms with E-state index in [9.17, 15) is 9.90 Å². The molecule has 0 heterocycles. The highest BCUT2D eigenvalue weighted by Gasteiger charge is 2.48. The summed E-state index contributed by atoms with van der Waals surface area (Å²) in [5.74, 6) is 1.43. The standard InChI is InChI=1S/C19H20O3/c1-13-10-19(13,2)18-8-14(6-7-15(18)11-20)12-22-17-5-3-4-16(21)9-17/h3-9,11,13,21H,10,12H2,1-2H3. The molecule has 3 heteroatoms. The van der Waals surface area contributed by atoms with Gasteiger partial charge < -0.3 is 9.84 Å². The van der Waals surface area contributed by atoms with Crippen molar-refractivity contribution in [2.24, 2.45) is 5.92 Å². The van der Waals surface area contributed by atoms with Gasteiger partial charge in [-0.3, -0.25) is 4.79 Å². The molecule has 1 N–H and O–H groups in total. The van der Waals surface area contributed by atoms with E-state index in [-0.39, 0.29) is 11.2 Å². The van der Waals surface area contributed by atoms with E-state index >= 15 is 0 Å². The number of hydrogen-bond acceptors (Lipinski definition) is 3. The molecule has 2 aromatic rings. The van der Waals surface area contributed by atoms with Crippen molar-refractivity contribution in [3.8, 4) is 11.5 Å². The van der Waals surface area contributed by atoms with Crippen molar-refractivity contribution in [3.05, 3.63) is 59.2 Å². The molecule has 0 amide bonds. The van der Waals surface area contributed by atoms with Gasteiger partial charge in [0, 0.05) is 11.6 Å². The van der Waals surface area contributed by atoms with Crippen molar-refractivity contribution < 1.29 is 14.6 Å². The third-order valence-corrected chi connectivity index (χ3v) is 4.74. The minimum Gasteiger partial charge on any atom is -0.508 e. The Morgan fingerprint density at radius 1 is 1.32 bits per heavy atom. The van der Waals surface area contributed by atoms with Gasteiger partial charge in [-0.25, -0.2) is 0 Å². The van der Waals surface area contributed by atoms with Crippen LogP contribution in [0.5, 0.6) is 11.5 Å². The molecule has 114 valence electrons. The second-order valence-corrected chi connectivity index (χ2v) is 6.35. The molecule has 0 saturated heterocycles. The summed E-state index contributed by atoms with van der Waals surface area (Å²) in [5, 5.41) is 9.45. The van der Waals surface area contributed by atoms with Crippen molar-refractivity contribution in [3.63, 3.8) is 0 Å². The maximum Gasteiger partial charge on any atom is 0.150 e. The summed E-state index contributed by atoms with van der Waals surface area (Å²) in [6.07, 6.45) is 2.05. The van der Waals surface area contributed by atoms with Crippen LogP contribution in [0.4, 0.5) is 0 Å². The van der Waals surface area contributed by atoms with Crippen LogP contribution in [0.3, 0.4) is 0 Å². The zero-order valence-electron chi connectivity index (χ0n) is 12.9. The molecule has 0 bridgehead atoms. The average Bonchev–Trinajstić information content (AvgIpc) is 3.13. The van der Waals surface area contributed by atoms with Gasteiger partial charge in [-0.2, -0.15) is 0 Å². The number of phenolic OH excluding ortho intramolecular Hbond substituents is 1. The SMILES string of the molecule is CC1CC1(C)c1cc(COc2cccc(O)c2)ccc1C=O. The smallest absolute Gasteiger partial charge is 0.150 e. The Kier molecular flexibility index (Phi) is 3.65. The summed E-state index contributed by atoms with van der Waals surface area (Å²) >= 11 is 0. The van der Waals surface area contributed by atoms with Gasteiger partial charge in [0.1, 0.15) is 24.4 Å². The largest absolute Gasteiger partial charge is 0.508 e. The predicted octanol–water partition coefficient (Wildman–Crippen LogP) is 4.08. The van der Waals surface area contributed by atoms with E-state index in [0.717, 1.165) is 29.4 Å². The molecule has 2 aromatic carbocycles. The van der Waals surface area contributed by atoms with Gasteiger partial charge in [0.2, 0.25) is 0 Å². The van der Waals surface area contributed by atoms with Gasteiger partial charge in [0.25, 0.3) is 0 Å². The van der Waals surface area contributed by atoms with Gasteiger partial charge in [0.05, 0.1) is 0 Å². The van der Waals surface area contributed by atoms with E-state index in [1.807, 2.05) is 18.2 Å². The quantitative estimate of drug-likeness (QED) is 0.846. The molecule has 2 unspecified atom stereocenters. The van der Waals surface area contributed by atoms with Crippen molar-refractivity contribution in [2.75, 3.05) is 0 Å². The number of phenols is 1. The highest BCUT2D eigenvalue weighted by atomic mass is 16.5. The molecule has 1 aliphatic rings. The Labute approximate surface area is 130 Å². The number of carbonyl (C=O) groups is 1. The fourth-order valence-corrected chi connectivity index (χ4v) is 2.98. The van der Waals surface area contributed by atoms with Crippen LogP contribution in [0.15, 0.2) is 42.5 Å². The lowest BCUT2D eigenvalue weighted by atomic mass is 9.90. The molecule has 0 spiro atoms. The van der Waals surface area contributed by atoms with Crippen LogP contribution in [0.25, 0.3) is 0 Å². The summed E-state index contributed by atoms with van der Waals surface area (Å²) in [7, 11) is 0. The maximum atomic E-state index is 11.3. The average molecular weight is 296 g/mol. The van der Waals surface area contributed by atoms with Crippen molar-refractivity contribution in [1.82, 2.24) is 0 Å². The van der Waals surface area contributed by atoms with Crippen molar-refractivity contribution >= 4 is 6.29 Å². The molecule has 3 nitrogen and oxygen atoms in total. The van der Waals surface area contributed by atoms with Crippen LogP contribution in [0, 0.1) is 5.92 Å². The molecule has 1 saturated carbocycles. The van der Waals surface area contributed by atoms with Crippen LogP contribution in [0.2, 0.25) is 0 Å². The summed E-state index contributed by atoms with van der Waals surface area (Å²) in [6.45, 7) is 4.84. The van der Waals surface area contributed by atoms with Crippen LogP contribution < -0.4 is 4.74 Å². The molecular formula is C19H20O3. The summed E-state index contributed by atoms with van der Waals surface area (Å²) in [6, 6.07) is 12.6. The van der Waals surface area contributed by atoms with Crippen molar-refractivity contribution in [1.29, 1.82) is 0 Å². The molecule has 1 aliphatic carbocycles. The number of ether oxygens (including phenoxy) is 1. The molecule has 1 fully saturated rings. The molecule has 22 heavy (non-hydrogen) atoms. The highest BCUT2D eigenvalue weighted by Crippen LogP contribution is 2.54. The summed E-state index contributed by atoms with van der Waals surface area (Å²) in [4.78, 5) is 11.3. The second kappa shape index (κ2) is 5.48. The predicted molar refractivity (Wildman–Crippen MR) is 85.4 cm³/mol. The summed E-state index contributed by atoms with van der Waals surface area (Å²) < 4.78 is 5.71. The minimum absolute atomic E-state index is 0.108. The molecular weight excluding hydrogens is 276 g/mol. The molecule has 0 aliphatic heterocycles. The molecule has 3 rings (SSSR count). The first-order valence-electron chi connectivity index (χ1n) is 7.53. The number of rotatable bonds is 5. The van der Waals surface area contributed by atoms with Crippen LogP contribution in [-0.2, 0) is 12.0 Å². The number of hydrogen-bond donors (Lipinski definition) is 1. The van der Waals surface area contributed by atoms with E-state index in [2.05, 4.69) is 19.9 Å². The third kappa shape index (κ3) is 2.71. The number of carbonyl (C=O) groups excluding carboxylic acids is 1. The van der Waals surface area contributed by atoms with Gasteiger partial charge in [-0.15, -0.1) is 0 Å². The zero-order valence-corrected chi connectivity index (χ0v) is 12.9. The molecule has 0 radical (unpaired) electrons. The maximum absolute atomic E-state index is 11.3. The first kappa shape index (κ1) is 14.6. The lowest BCUT2D eigenvalue weighted by Crippen LogP contribution is -2.09. The number of aromatic hydroxyl groups is 1. The molecule has 0 aromatic heterocycles. The van der Waals surface area contributed by atoms with Gasteiger partial charge in [-0.1, -0.05) is 38.1 Å². The normalized spacial score (nSPS) is 23.1. The third-order valence-electron chi connectivity index (χ3n) is 4.74. The van der Waals surface area contributed by atoms with E-state index in [0.29, 0.717) is 18.3 Å². The van der Waals surface area contributed by atoms with E-state index in [4.69, 9.17) is 4.74 Å². The Morgan fingerprint density at radius 3 is 2.73 bits per heavy atom. The summed E-state index contributed by atoms with van der Waals surface area (Å²) in [5.41, 5.74) is 3.03. The van der Waals surface area contributed by atoms with E-state index < -0.39 is 0 Å². The monoisotopic (exact) mass is 296 g/mol. The van der Waals surface area contributed by atoms with E-state index in [1.165, 1.54) is 0 Å². The Bertz CT molecular complexity index is 708. The minimum atomic E-state index is 0.108. The van der Waals surface area contributed by atoms with Gasteiger partial charge in [0.15, 0.2) is 0 Å². The highest BCUT2D eigenvalue weighted by molar-refractivity contribution is 5.78. The van der Waals surface area contributed by atoms with Crippen molar-refractivity contribution in [2.45, 2.75) is 32.3 Å². The Balaban J connectivity index is 1.80. The van der Waals surface area contributed by atoms with Crippen LogP contribution in [-0.4, -0.2) is 11.4 Å². The van der Waals surface area contributed by atoms with Gasteiger partial charge in [-0.05, 0) is 41.0 Å². The lowest BCUT2D eigenvalue weighted by Gasteiger charge is -2.15. The topological polar surface area (TPSA) is 46.5 Å². The first-order valence-corrected chi connectivity index (χ1v) is 7.53. The van der Waals surface area contributed by atoms with E-state index in [1.54, 1.807) is 18.2 Å². The fourth-order valence-electron chi connectivity index (χ4n) is 2.98.